The van der Waals surface area contributed by atoms with Crippen LogP contribution in [0.5, 0.6) is 0 Å². The van der Waals surface area contributed by atoms with Crippen molar-refractivity contribution < 1.29 is 8.42 Å². The van der Waals surface area contributed by atoms with Crippen molar-refractivity contribution in [1.82, 2.24) is 9.21 Å². The second kappa shape index (κ2) is 7.21. The summed E-state index contributed by atoms with van der Waals surface area (Å²) in [6.45, 7) is 3.15. The maximum atomic E-state index is 12.7. The number of hydrogen-bond acceptors (Lipinski definition) is 5. The lowest BCUT2D eigenvalue weighted by Gasteiger charge is -2.33. The van der Waals surface area contributed by atoms with Crippen LogP contribution in [0.4, 0.5) is 0 Å². The summed E-state index contributed by atoms with van der Waals surface area (Å²) in [5, 5.41) is 11.1. The molecule has 2 heterocycles. The van der Waals surface area contributed by atoms with Gasteiger partial charge in [0.15, 0.2) is 0 Å². The molecule has 1 aliphatic rings. The van der Waals surface area contributed by atoms with E-state index in [9.17, 15) is 8.42 Å². The van der Waals surface area contributed by atoms with E-state index < -0.39 is 10.0 Å². The van der Waals surface area contributed by atoms with Gasteiger partial charge in [0.25, 0.3) is 0 Å². The summed E-state index contributed by atoms with van der Waals surface area (Å²) >= 11 is 7.67. The first kappa shape index (κ1) is 17.4. The number of nitrogens with zero attached hydrogens (tertiary/aromatic N) is 3. The summed E-state index contributed by atoms with van der Waals surface area (Å²) in [4.78, 5) is 3.67. The Balaban J connectivity index is 1.68. The van der Waals surface area contributed by atoms with Crippen molar-refractivity contribution in [2.75, 3.05) is 26.2 Å². The number of sulfonamides is 1. The molecular weight excluding hydrogens is 366 g/mol. The third-order valence-corrected chi connectivity index (χ3v) is 7.06. The zero-order valence-corrected chi connectivity index (χ0v) is 15.2. The van der Waals surface area contributed by atoms with E-state index in [1.54, 1.807) is 11.3 Å². The maximum Gasteiger partial charge on any atom is 0.243 e. The molecule has 0 radical (unpaired) electrons. The first-order valence-electron chi connectivity index (χ1n) is 7.45. The Kier molecular flexibility index (Phi) is 5.23. The van der Waals surface area contributed by atoms with Crippen LogP contribution in [0.3, 0.4) is 0 Å². The highest BCUT2D eigenvalue weighted by Crippen LogP contribution is 2.24. The SMILES string of the molecule is N#Cc1ccc(S(=O)(=O)N2CCN(Cc3cccs3)CC2)cc1Cl. The molecule has 1 saturated heterocycles. The van der Waals surface area contributed by atoms with Crippen molar-refractivity contribution in [2.24, 2.45) is 0 Å². The number of thiophene rings is 1. The Morgan fingerprint density at radius 3 is 2.54 bits per heavy atom. The Labute approximate surface area is 150 Å². The molecule has 0 amide bonds. The van der Waals surface area contributed by atoms with Gasteiger partial charge in [-0.3, -0.25) is 4.90 Å². The number of nitriles is 1. The molecule has 0 spiro atoms. The molecule has 0 saturated carbocycles. The molecule has 0 N–H and O–H groups in total. The minimum atomic E-state index is -3.58. The fourth-order valence-electron chi connectivity index (χ4n) is 2.65. The van der Waals surface area contributed by atoms with Crippen LogP contribution in [0.15, 0.2) is 40.6 Å². The van der Waals surface area contributed by atoms with Gasteiger partial charge in [-0.05, 0) is 29.6 Å². The van der Waals surface area contributed by atoms with Gasteiger partial charge < -0.3 is 0 Å². The van der Waals surface area contributed by atoms with Crippen molar-refractivity contribution in [3.8, 4) is 6.07 Å². The first-order valence-corrected chi connectivity index (χ1v) is 10.1. The van der Waals surface area contributed by atoms with Crippen molar-refractivity contribution in [3.63, 3.8) is 0 Å². The van der Waals surface area contributed by atoms with E-state index in [0.29, 0.717) is 26.2 Å². The van der Waals surface area contributed by atoms with E-state index in [1.807, 2.05) is 17.5 Å². The Morgan fingerprint density at radius 2 is 1.96 bits per heavy atom. The van der Waals surface area contributed by atoms with Crippen molar-refractivity contribution in [2.45, 2.75) is 11.4 Å². The molecule has 24 heavy (non-hydrogen) atoms. The van der Waals surface area contributed by atoms with E-state index in [1.165, 1.54) is 27.4 Å². The molecule has 1 aliphatic heterocycles. The molecule has 1 aromatic carbocycles. The largest absolute Gasteiger partial charge is 0.296 e. The van der Waals surface area contributed by atoms with Gasteiger partial charge in [0.2, 0.25) is 10.0 Å². The van der Waals surface area contributed by atoms with Crippen LogP contribution in [0.2, 0.25) is 5.02 Å². The highest BCUT2D eigenvalue weighted by molar-refractivity contribution is 7.89. The molecule has 0 bridgehead atoms. The molecule has 0 aliphatic carbocycles. The third kappa shape index (κ3) is 3.63. The van der Waals surface area contributed by atoms with Crippen LogP contribution >= 0.6 is 22.9 Å². The van der Waals surface area contributed by atoms with E-state index in [-0.39, 0.29) is 15.5 Å². The number of rotatable bonds is 4. The summed E-state index contributed by atoms with van der Waals surface area (Å²) in [5.74, 6) is 0. The van der Waals surface area contributed by atoms with Gasteiger partial charge >= 0.3 is 0 Å². The number of benzene rings is 1. The first-order chi connectivity index (χ1) is 11.5. The van der Waals surface area contributed by atoms with Crippen molar-refractivity contribution in [3.05, 3.63) is 51.2 Å². The normalized spacial score (nSPS) is 16.8. The van der Waals surface area contributed by atoms with E-state index in [0.717, 1.165) is 6.54 Å². The van der Waals surface area contributed by atoms with Gasteiger partial charge in [-0.2, -0.15) is 9.57 Å². The van der Waals surface area contributed by atoms with Crippen molar-refractivity contribution in [1.29, 1.82) is 5.26 Å². The van der Waals surface area contributed by atoms with Gasteiger partial charge in [-0.25, -0.2) is 8.42 Å². The molecular formula is C16H16ClN3O2S2. The molecule has 3 rings (SSSR count). The van der Waals surface area contributed by atoms with Gasteiger partial charge in [0.1, 0.15) is 6.07 Å². The van der Waals surface area contributed by atoms with Gasteiger partial charge in [0.05, 0.1) is 15.5 Å². The third-order valence-electron chi connectivity index (χ3n) is 3.99. The number of hydrogen-bond donors (Lipinski definition) is 0. The van der Waals surface area contributed by atoms with Crippen LogP contribution in [0, 0.1) is 11.3 Å². The molecule has 0 unspecified atom stereocenters. The van der Waals surface area contributed by atoms with Crippen LogP contribution in [-0.2, 0) is 16.6 Å². The van der Waals surface area contributed by atoms with Crippen LogP contribution in [0.25, 0.3) is 0 Å². The smallest absolute Gasteiger partial charge is 0.243 e. The fourth-order valence-corrected chi connectivity index (χ4v) is 5.13. The lowest BCUT2D eigenvalue weighted by Crippen LogP contribution is -2.48. The lowest BCUT2D eigenvalue weighted by atomic mass is 10.2. The average molecular weight is 382 g/mol. The highest BCUT2D eigenvalue weighted by atomic mass is 35.5. The maximum absolute atomic E-state index is 12.7. The minimum Gasteiger partial charge on any atom is -0.296 e. The van der Waals surface area contributed by atoms with E-state index in [2.05, 4.69) is 11.0 Å². The monoisotopic (exact) mass is 381 g/mol. The molecule has 126 valence electrons. The molecule has 1 aromatic heterocycles. The second-order valence-electron chi connectivity index (χ2n) is 5.51. The minimum absolute atomic E-state index is 0.137. The quantitative estimate of drug-likeness (QED) is 0.816. The Morgan fingerprint density at radius 1 is 1.21 bits per heavy atom. The summed E-state index contributed by atoms with van der Waals surface area (Å²) in [6, 6.07) is 10.3. The number of halogens is 1. The lowest BCUT2D eigenvalue weighted by molar-refractivity contribution is 0.183. The van der Waals surface area contributed by atoms with Crippen LogP contribution < -0.4 is 0 Å². The second-order valence-corrected chi connectivity index (χ2v) is 8.89. The summed E-state index contributed by atoms with van der Waals surface area (Å²) in [7, 11) is -3.58. The average Bonchev–Trinajstić information content (AvgIpc) is 3.08. The van der Waals surface area contributed by atoms with Gasteiger partial charge in [-0.1, -0.05) is 17.7 Å². The summed E-state index contributed by atoms with van der Waals surface area (Å²) < 4.78 is 26.9. The van der Waals surface area contributed by atoms with Gasteiger partial charge in [0, 0.05) is 37.6 Å². The molecule has 5 nitrogen and oxygen atoms in total. The van der Waals surface area contributed by atoms with Crippen LogP contribution in [0.1, 0.15) is 10.4 Å². The highest BCUT2D eigenvalue weighted by Gasteiger charge is 2.29. The Bertz CT molecular complexity index is 852. The fraction of sp³-hybridized carbons (Fsp3) is 0.312. The molecule has 2 aromatic rings. The zero-order chi connectivity index (χ0) is 17.2. The molecule has 0 atom stereocenters. The standard InChI is InChI=1S/C16H16ClN3O2S2/c17-16-10-15(4-3-13(16)11-18)24(21,22)20-7-5-19(6-8-20)12-14-2-1-9-23-14/h1-4,9-10H,5-8,12H2. The van der Waals surface area contributed by atoms with Gasteiger partial charge in [-0.15, -0.1) is 11.3 Å². The predicted molar refractivity (Wildman–Crippen MR) is 94.5 cm³/mol. The number of piperazine rings is 1. The van der Waals surface area contributed by atoms with E-state index >= 15 is 0 Å². The van der Waals surface area contributed by atoms with E-state index in [4.69, 9.17) is 16.9 Å². The summed E-state index contributed by atoms with van der Waals surface area (Å²) in [5.41, 5.74) is 0.274. The summed E-state index contributed by atoms with van der Waals surface area (Å²) in [6.07, 6.45) is 0. The molecule has 8 heteroatoms. The molecule has 1 fully saturated rings. The van der Waals surface area contributed by atoms with Crippen LogP contribution in [-0.4, -0.2) is 43.8 Å². The predicted octanol–water partition coefficient (Wildman–Crippen LogP) is 2.78. The zero-order valence-electron chi connectivity index (χ0n) is 12.9. The Hall–Kier alpha value is -1.43. The van der Waals surface area contributed by atoms with Crippen molar-refractivity contribution >= 4 is 33.0 Å². The topological polar surface area (TPSA) is 64.4 Å².